The minimum atomic E-state index is -0.309. The van der Waals surface area contributed by atoms with Crippen molar-refractivity contribution in [1.82, 2.24) is 15.0 Å². The first-order valence-electron chi connectivity index (χ1n) is 9.79. The minimum Gasteiger partial charge on any atom is -0.502 e. The van der Waals surface area contributed by atoms with Gasteiger partial charge in [0, 0.05) is 23.6 Å². The summed E-state index contributed by atoms with van der Waals surface area (Å²) in [5.74, 6) is 0.0709. The largest absolute Gasteiger partial charge is 0.502 e. The number of aromatic nitrogens is 3. The van der Waals surface area contributed by atoms with Crippen molar-refractivity contribution in [2.45, 2.75) is 12.3 Å². The zero-order valence-electron chi connectivity index (χ0n) is 17.0. The third-order valence-electron chi connectivity index (χ3n) is 5.50. The van der Waals surface area contributed by atoms with Crippen LogP contribution in [0, 0.1) is 0 Å². The van der Waals surface area contributed by atoms with Crippen LogP contribution in [0.1, 0.15) is 23.5 Å². The Morgan fingerprint density at radius 1 is 1.03 bits per heavy atom. The van der Waals surface area contributed by atoms with Gasteiger partial charge in [-0.1, -0.05) is 18.2 Å². The molecule has 156 valence electrons. The Morgan fingerprint density at radius 3 is 2.42 bits per heavy atom. The summed E-state index contributed by atoms with van der Waals surface area (Å²) in [6.45, 7) is 0. The van der Waals surface area contributed by atoms with Crippen molar-refractivity contribution in [1.29, 1.82) is 0 Å². The average Bonchev–Trinajstić information content (AvgIpc) is 3.23. The van der Waals surface area contributed by atoms with Crippen molar-refractivity contribution >= 4 is 22.6 Å². The van der Waals surface area contributed by atoms with Gasteiger partial charge in [-0.05, 0) is 42.0 Å². The summed E-state index contributed by atoms with van der Waals surface area (Å²) >= 11 is 0. The third kappa shape index (κ3) is 3.13. The van der Waals surface area contributed by atoms with Crippen molar-refractivity contribution in [3.05, 3.63) is 65.7 Å². The molecule has 0 bridgehead atoms. The van der Waals surface area contributed by atoms with E-state index in [0.29, 0.717) is 11.2 Å². The predicted octanol–water partition coefficient (Wildman–Crippen LogP) is 3.62. The van der Waals surface area contributed by atoms with E-state index >= 15 is 0 Å². The number of hydrogen-bond acceptors (Lipinski definition) is 6. The lowest BCUT2D eigenvalue weighted by molar-refractivity contribution is -0.116. The van der Waals surface area contributed by atoms with E-state index in [9.17, 15) is 9.90 Å². The van der Waals surface area contributed by atoms with E-state index in [4.69, 9.17) is 14.6 Å². The quantitative estimate of drug-likeness (QED) is 0.527. The lowest BCUT2D eigenvalue weighted by Crippen LogP contribution is -2.24. The Labute approximate surface area is 178 Å². The maximum atomic E-state index is 12.5. The number of phenols is 1. The Kier molecular flexibility index (Phi) is 4.47. The fourth-order valence-corrected chi connectivity index (χ4v) is 4.03. The highest BCUT2D eigenvalue weighted by Gasteiger charge is 2.31. The molecule has 1 amide bonds. The molecule has 8 nitrogen and oxygen atoms in total. The number of carbonyl (C=O) groups excluding carboxylic acids is 1. The number of para-hydroxylation sites is 1. The Bertz CT molecular complexity index is 1270. The second-order valence-corrected chi connectivity index (χ2v) is 7.30. The van der Waals surface area contributed by atoms with Gasteiger partial charge in [0.25, 0.3) is 0 Å². The number of hydrogen-bond donors (Lipinski definition) is 2. The molecule has 2 heterocycles. The van der Waals surface area contributed by atoms with E-state index in [1.807, 2.05) is 42.5 Å². The number of phenolic OH excluding ortho intramolecular Hbond substituents is 1. The molecule has 1 unspecified atom stereocenters. The molecule has 0 saturated heterocycles. The lowest BCUT2D eigenvalue weighted by atomic mass is 9.83. The summed E-state index contributed by atoms with van der Waals surface area (Å²) in [5, 5.41) is 22.6. The highest BCUT2D eigenvalue weighted by atomic mass is 16.5. The molecule has 1 aromatic heterocycles. The van der Waals surface area contributed by atoms with Gasteiger partial charge in [-0.2, -0.15) is 4.80 Å². The van der Waals surface area contributed by atoms with E-state index in [1.54, 1.807) is 16.9 Å². The maximum Gasteiger partial charge on any atom is 0.225 e. The van der Waals surface area contributed by atoms with Gasteiger partial charge < -0.3 is 19.9 Å². The van der Waals surface area contributed by atoms with Crippen LogP contribution in [0.5, 0.6) is 17.2 Å². The van der Waals surface area contributed by atoms with Gasteiger partial charge in [-0.25, -0.2) is 0 Å². The molecule has 0 spiro atoms. The Hall–Kier alpha value is -4.07. The van der Waals surface area contributed by atoms with Gasteiger partial charge in [-0.3, -0.25) is 4.79 Å². The fraction of sp³-hybridized carbons (Fsp3) is 0.174. The minimum absolute atomic E-state index is 0.0811. The van der Waals surface area contributed by atoms with Gasteiger partial charge in [0.1, 0.15) is 11.0 Å². The Balaban J connectivity index is 1.72. The number of anilines is 1. The van der Waals surface area contributed by atoms with Crippen molar-refractivity contribution < 1.29 is 19.4 Å². The standard InChI is InChI=1S/C23H20N4O4/c1-30-18-10-13(11-19(31-2)23(18)29)15-12-20(28)24-16-8-9-17-22(21(15)16)26-27(25-17)14-6-4-3-5-7-14/h3-11,15,29H,12H2,1-2H3,(H,24,28). The second kappa shape index (κ2) is 7.32. The number of nitrogens with zero attached hydrogens (tertiary/aromatic N) is 3. The van der Waals surface area contributed by atoms with E-state index in [0.717, 1.165) is 22.3 Å². The fourth-order valence-electron chi connectivity index (χ4n) is 4.03. The number of nitrogens with one attached hydrogen (secondary N) is 1. The molecule has 3 aromatic carbocycles. The molecule has 8 heteroatoms. The molecule has 5 rings (SSSR count). The summed E-state index contributed by atoms with van der Waals surface area (Å²) in [6, 6.07) is 16.8. The number of methoxy groups -OCH3 is 2. The van der Waals surface area contributed by atoms with Crippen LogP contribution >= 0.6 is 0 Å². The van der Waals surface area contributed by atoms with Crippen LogP contribution in [0.3, 0.4) is 0 Å². The molecule has 2 N–H and O–H groups in total. The van der Waals surface area contributed by atoms with Crippen LogP contribution in [0.2, 0.25) is 0 Å². The number of benzene rings is 3. The topological polar surface area (TPSA) is 98.5 Å². The van der Waals surface area contributed by atoms with E-state index in [2.05, 4.69) is 10.4 Å². The molecule has 1 atom stereocenters. The number of aromatic hydroxyl groups is 1. The SMILES string of the molecule is COc1cc(C2CC(=O)Nc3ccc4nn(-c5ccccc5)nc4c32)cc(OC)c1O. The average molecular weight is 416 g/mol. The molecule has 1 aliphatic rings. The van der Waals surface area contributed by atoms with Crippen LogP contribution in [0.15, 0.2) is 54.6 Å². The summed E-state index contributed by atoms with van der Waals surface area (Å²) in [5.41, 5.74) is 4.62. The van der Waals surface area contributed by atoms with E-state index in [1.165, 1.54) is 14.2 Å². The van der Waals surface area contributed by atoms with Crippen LogP contribution in [0.4, 0.5) is 5.69 Å². The summed E-state index contributed by atoms with van der Waals surface area (Å²) in [7, 11) is 2.95. The molecule has 31 heavy (non-hydrogen) atoms. The molecular weight excluding hydrogens is 396 g/mol. The van der Waals surface area contributed by atoms with Crippen molar-refractivity contribution in [2.24, 2.45) is 0 Å². The second-order valence-electron chi connectivity index (χ2n) is 7.30. The highest BCUT2D eigenvalue weighted by molar-refractivity contribution is 6.00. The van der Waals surface area contributed by atoms with Crippen LogP contribution < -0.4 is 14.8 Å². The van der Waals surface area contributed by atoms with Crippen molar-refractivity contribution in [3.8, 4) is 22.9 Å². The summed E-state index contributed by atoms with van der Waals surface area (Å²) < 4.78 is 10.6. The van der Waals surface area contributed by atoms with Gasteiger partial charge in [0.05, 0.1) is 19.9 Å². The van der Waals surface area contributed by atoms with Crippen LogP contribution in [0.25, 0.3) is 16.7 Å². The van der Waals surface area contributed by atoms with Crippen LogP contribution in [-0.2, 0) is 4.79 Å². The van der Waals surface area contributed by atoms with Gasteiger partial charge >= 0.3 is 0 Å². The number of ether oxygens (including phenoxy) is 2. The zero-order valence-corrected chi connectivity index (χ0v) is 17.0. The molecule has 0 radical (unpaired) electrons. The third-order valence-corrected chi connectivity index (χ3v) is 5.50. The first-order chi connectivity index (χ1) is 15.1. The summed E-state index contributed by atoms with van der Waals surface area (Å²) in [4.78, 5) is 14.1. The van der Waals surface area contributed by atoms with E-state index in [-0.39, 0.29) is 35.5 Å². The number of carbonyl (C=O) groups is 1. The van der Waals surface area contributed by atoms with Crippen molar-refractivity contribution in [2.75, 3.05) is 19.5 Å². The van der Waals surface area contributed by atoms with Gasteiger partial charge in [0.2, 0.25) is 11.7 Å². The summed E-state index contributed by atoms with van der Waals surface area (Å²) in [6.07, 6.45) is 0.224. The monoisotopic (exact) mass is 416 g/mol. The normalized spacial score (nSPS) is 15.4. The van der Waals surface area contributed by atoms with Crippen molar-refractivity contribution in [3.63, 3.8) is 0 Å². The number of rotatable bonds is 4. The first-order valence-corrected chi connectivity index (χ1v) is 9.79. The predicted molar refractivity (Wildman–Crippen MR) is 115 cm³/mol. The smallest absolute Gasteiger partial charge is 0.225 e. The molecule has 4 aromatic rings. The van der Waals surface area contributed by atoms with Gasteiger partial charge in [0.15, 0.2) is 11.5 Å². The molecule has 0 saturated carbocycles. The number of amides is 1. The van der Waals surface area contributed by atoms with E-state index < -0.39 is 0 Å². The first kappa shape index (κ1) is 18.9. The molecule has 1 aliphatic heterocycles. The lowest BCUT2D eigenvalue weighted by Gasteiger charge is -2.26. The van der Waals surface area contributed by atoms with Gasteiger partial charge in [-0.15, -0.1) is 10.2 Å². The molecular formula is C23H20N4O4. The maximum absolute atomic E-state index is 12.5. The zero-order chi connectivity index (χ0) is 21.5. The molecule has 0 aliphatic carbocycles. The highest BCUT2D eigenvalue weighted by Crippen LogP contribution is 2.45. The Morgan fingerprint density at radius 2 is 1.74 bits per heavy atom. The van der Waals surface area contributed by atoms with Crippen LogP contribution in [-0.4, -0.2) is 40.2 Å². The number of fused-ring (bicyclic) bond motifs is 3. The molecule has 0 fully saturated rings.